The van der Waals surface area contributed by atoms with Crippen molar-refractivity contribution >= 4 is 12.0 Å². The van der Waals surface area contributed by atoms with Gasteiger partial charge < -0.3 is 9.73 Å². The number of unbranched alkanes of at least 4 members (excludes halogenated alkanes) is 1. The lowest BCUT2D eigenvalue weighted by molar-refractivity contribution is 0.251. The van der Waals surface area contributed by atoms with Crippen LogP contribution >= 0.6 is 0 Å². The third kappa shape index (κ3) is 3.42. The molecular weight excluding hydrogens is 184 g/mol. The molecule has 0 aliphatic rings. The Bertz CT molecular complexity index is 297. The van der Waals surface area contributed by atoms with E-state index in [0.717, 1.165) is 12.8 Å². The maximum Gasteiger partial charge on any atom is 0.323 e. The van der Waals surface area contributed by atoms with Gasteiger partial charge >= 0.3 is 12.0 Å². The molecule has 0 aromatic carbocycles. The highest BCUT2D eigenvalue weighted by atomic mass is 16.4. The number of hydrogen-bond acceptors (Lipinski definition) is 4. The predicted molar refractivity (Wildman–Crippen MR) is 51.0 cm³/mol. The van der Waals surface area contributed by atoms with Gasteiger partial charge in [-0.3, -0.25) is 5.32 Å². The number of hydrogen-bond donors (Lipinski definition) is 2. The molecule has 0 saturated heterocycles. The summed E-state index contributed by atoms with van der Waals surface area (Å²) in [5, 5.41) is 12.3. The monoisotopic (exact) mass is 198 g/mol. The molecule has 1 heterocycles. The first-order valence-electron chi connectivity index (χ1n) is 4.57. The Balaban J connectivity index is 2.27. The fourth-order valence-corrected chi connectivity index (χ4v) is 0.867. The van der Waals surface area contributed by atoms with Gasteiger partial charge in [0.1, 0.15) is 0 Å². The van der Waals surface area contributed by atoms with Crippen LogP contribution in [0.2, 0.25) is 0 Å². The summed E-state index contributed by atoms with van der Waals surface area (Å²) in [4.78, 5) is 11.1. The Morgan fingerprint density at radius 2 is 2.29 bits per heavy atom. The van der Waals surface area contributed by atoms with E-state index in [9.17, 15) is 4.79 Å². The maximum atomic E-state index is 11.1. The van der Waals surface area contributed by atoms with Crippen LogP contribution in [0.15, 0.2) is 4.42 Å². The first kappa shape index (κ1) is 10.5. The van der Waals surface area contributed by atoms with E-state index >= 15 is 0 Å². The molecule has 0 spiro atoms. The van der Waals surface area contributed by atoms with E-state index in [1.807, 2.05) is 0 Å². The minimum absolute atomic E-state index is 0.122. The number of carbonyl (C=O) groups excluding carboxylic acids is 1. The average Bonchev–Trinajstić information content (AvgIpc) is 2.52. The summed E-state index contributed by atoms with van der Waals surface area (Å²) >= 11 is 0. The smallest absolute Gasteiger partial charge is 0.323 e. The maximum absolute atomic E-state index is 11.1. The zero-order valence-electron chi connectivity index (χ0n) is 8.33. The summed E-state index contributed by atoms with van der Waals surface area (Å²) in [6, 6.07) is -0.196. The third-order valence-electron chi connectivity index (χ3n) is 1.56. The van der Waals surface area contributed by atoms with Crippen molar-refractivity contribution in [3.05, 3.63) is 5.89 Å². The molecule has 1 aromatic heterocycles. The van der Waals surface area contributed by atoms with Gasteiger partial charge in [-0.1, -0.05) is 18.4 Å². The molecule has 0 unspecified atom stereocenters. The van der Waals surface area contributed by atoms with Crippen LogP contribution < -0.4 is 10.6 Å². The number of rotatable bonds is 4. The molecular formula is C8H14N4O2. The van der Waals surface area contributed by atoms with Gasteiger partial charge in [0.15, 0.2) is 0 Å². The van der Waals surface area contributed by atoms with Crippen LogP contribution in [-0.2, 0) is 0 Å². The van der Waals surface area contributed by atoms with Crippen LogP contribution in [-0.4, -0.2) is 22.8 Å². The lowest BCUT2D eigenvalue weighted by Crippen LogP contribution is -2.29. The van der Waals surface area contributed by atoms with Crippen molar-refractivity contribution in [3.8, 4) is 0 Å². The average molecular weight is 198 g/mol. The summed E-state index contributed by atoms with van der Waals surface area (Å²) < 4.78 is 4.97. The van der Waals surface area contributed by atoms with Crippen LogP contribution in [0.5, 0.6) is 0 Å². The van der Waals surface area contributed by atoms with Crippen molar-refractivity contribution in [3.63, 3.8) is 0 Å². The first-order valence-corrected chi connectivity index (χ1v) is 4.57. The number of urea groups is 1. The van der Waals surface area contributed by atoms with E-state index < -0.39 is 0 Å². The third-order valence-corrected chi connectivity index (χ3v) is 1.56. The number of aromatic nitrogens is 2. The molecule has 78 valence electrons. The Kier molecular flexibility index (Phi) is 3.90. The van der Waals surface area contributed by atoms with Crippen molar-refractivity contribution < 1.29 is 9.21 Å². The van der Waals surface area contributed by atoms with Gasteiger partial charge in [-0.05, 0) is 6.42 Å². The van der Waals surface area contributed by atoms with Crippen LogP contribution in [0.3, 0.4) is 0 Å². The summed E-state index contributed by atoms with van der Waals surface area (Å²) in [6.07, 6.45) is 2.00. The molecule has 1 aromatic rings. The van der Waals surface area contributed by atoms with E-state index in [1.165, 1.54) is 0 Å². The van der Waals surface area contributed by atoms with Crippen molar-refractivity contribution in [2.45, 2.75) is 26.7 Å². The van der Waals surface area contributed by atoms with E-state index in [1.54, 1.807) is 6.92 Å². The van der Waals surface area contributed by atoms with Gasteiger partial charge in [-0.15, -0.1) is 5.10 Å². The van der Waals surface area contributed by atoms with Crippen molar-refractivity contribution in [1.29, 1.82) is 0 Å². The fourth-order valence-electron chi connectivity index (χ4n) is 0.867. The molecule has 0 bridgehead atoms. The van der Waals surface area contributed by atoms with Crippen LogP contribution in [0.4, 0.5) is 10.8 Å². The quantitative estimate of drug-likeness (QED) is 0.714. The molecule has 2 N–H and O–H groups in total. The summed E-state index contributed by atoms with van der Waals surface area (Å²) in [6.45, 7) is 4.36. The molecule has 6 nitrogen and oxygen atoms in total. The summed E-state index contributed by atoms with van der Waals surface area (Å²) in [5.41, 5.74) is 0. The molecule has 0 fully saturated rings. The number of carbonyl (C=O) groups is 1. The van der Waals surface area contributed by atoms with Gasteiger partial charge in [0.2, 0.25) is 5.89 Å². The van der Waals surface area contributed by atoms with E-state index in [4.69, 9.17) is 4.42 Å². The van der Waals surface area contributed by atoms with Gasteiger partial charge in [-0.25, -0.2) is 4.79 Å². The predicted octanol–water partition coefficient (Wildman–Crippen LogP) is 1.30. The molecule has 6 heteroatoms. The van der Waals surface area contributed by atoms with Crippen LogP contribution in [0.25, 0.3) is 0 Å². The second-order valence-corrected chi connectivity index (χ2v) is 2.86. The van der Waals surface area contributed by atoms with Gasteiger partial charge in [0, 0.05) is 13.5 Å². The minimum atomic E-state index is -0.317. The molecule has 0 radical (unpaired) electrons. The van der Waals surface area contributed by atoms with Crippen molar-refractivity contribution in [2.24, 2.45) is 0 Å². The highest BCUT2D eigenvalue weighted by Crippen LogP contribution is 2.02. The second-order valence-electron chi connectivity index (χ2n) is 2.86. The largest absolute Gasteiger partial charge is 0.408 e. The highest BCUT2D eigenvalue weighted by molar-refractivity contribution is 5.86. The molecule has 0 atom stereocenters. The van der Waals surface area contributed by atoms with Crippen LogP contribution in [0, 0.1) is 6.92 Å². The Morgan fingerprint density at radius 3 is 2.86 bits per heavy atom. The van der Waals surface area contributed by atoms with Crippen LogP contribution in [0.1, 0.15) is 25.7 Å². The second kappa shape index (κ2) is 5.21. The zero-order chi connectivity index (χ0) is 10.4. The Morgan fingerprint density at radius 1 is 1.50 bits per heavy atom. The van der Waals surface area contributed by atoms with Crippen molar-refractivity contribution in [1.82, 2.24) is 15.5 Å². The SMILES string of the molecule is CCCCNC(=O)Nc1nnc(C)o1. The number of nitrogens with zero attached hydrogens (tertiary/aromatic N) is 2. The highest BCUT2D eigenvalue weighted by Gasteiger charge is 2.05. The Labute approximate surface area is 82.1 Å². The normalized spacial score (nSPS) is 9.86. The van der Waals surface area contributed by atoms with Crippen molar-refractivity contribution in [2.75, 3.05) is 11.9 Å². The van der Waals surface area contributed by atoms with Gasteiger partial charge in [0.25, 0.3) is 0 Å². The topological polar surface area (TPSA) is 80.0 Å². The molecule has 14 heavy (non-hydrogen) atoms. The Hall–Kier alpha value is -1.59. The lowest BCUT2D eigenvalue weighted by Gasteiger charge is -2.02. The van der Waals surface area contributed by atoms with E-state index in [2.05, 4.69) is 27.8 Å². The lowest BCUT2D eigenvalue weighted by atomic mass is 10.3. The number of nitrogens with one attached hydrogen (secondary N) is 2. The van der Waals surface area contributed by atoms with Gasteiger partial charge in [0.05, 0.1) is 0 Å². The molecule has 0 saturated carbocycles. The standard InChI is InChI=1S/C8H14N4O2/c1-3-4-5-9-7(13)10-8-12-11-6(2)14-8/h3-5H2,1-2H3,(H2,9,10,12,13). The van der Waals surface area contributed by atoms with Gasteiger partial charge in [-0.2, -0.15) is 0 Å². The number of aryl methyl sites for hydroxylation is 1. The summed E-state index contributed by atoms with van der Waals surface area (Å²) in [5.74, 6) is 0.425. The number of anilines is 1. The fraction of sp³-hybridized carbons (Fsp3) is 0.625. The number of amides is 2. The van der Waals surface area contributed by atoms with E-state index in [0.29, 0.717) is 12.4 Å². The minimum Gasteiger partial charge on any atom is -0.408 e. The first-order chi connectivity index (χ1) is 6.72. The molecule has 0 aliphatic carbocycles. The molecule has 0 aliphatic heterocycles. The molecule has 2 amide bonds. The molecule has 1 rings (SSSR count). The summed E-state index contributed by atoms with van der Waals surface area (Å²) in [7, 11) is 0. The zero-order valence-corrected chi connectivity index (χ0v) is 8.33. The van der Waals surface area contributed by atoms with E-state index in [-0.39, 0.29) is 12.0 Å².